The Morgan fingerprint density at radius 2 is 1.93 bits per heavy atom. The fraction of sp³-hybridized carbons (Fsp3) is 0.667. The number of allylic oxidation sites excluding steroid dienone is 1. The van der Waals surface area contributed by atoms with E-state index in [-0.39, 0.29) is 6.42 Å². The minimum absolute atomic E-state index is 0.184. The first-order valence-corrected chi connectivity index (χ1v) is 4.35. The zero-order chi connectivity index (χ0) is 11.0. The first-order valence-electron chi connectivity index (χ1n) is 4.35. The summed E-state index contributed by atoms with van der Waals surface area (Å²) in [7, 11) is 0. The molecule has 0 aliphatic rings. The summed E-state index contributed by atoms with van der Waals surface area (Å²) in [6.45, 7) is 3.50. The number of rotatable bonds is 6. The molecule has 14 heavy (non-hydrogen) atoms. The minimum atomic E-state index is -4.85. The van der Waals surface area contributed by atoms with Crippen LogP contribution < -0.4 is 0 Å². The summed E-state index contributed by atoms with van der Waals surface area (Å²) >= 11 is 0. The molecule has 2 nitrogen and oxygen atoms in total. The van der Waals surface area contributed by atoms with E-state index in [0.717, 1.165) is 12.8 Å². The number of ether oxygens (including phenoxy) is 1. The summed E-state index contributed by atoms with van der Waals surface area (Å²) in [6.07, 6.45) is -0.526. The highest BCUT2D eigenvalue weighted by Crippen LogP contribution is 2.17. The standard InChI is InChI=1S/C9H13F3O2/c1-2-3-4-5-6-7-8(13)14-9(10,11)12/h2H,1,3-7H2. The molecule has 0 radical (unpaired) electrons. The Hall–Kier alpha value is -1.00. The highest BCUT2D eigenvalue weighted by Gasteiger charge is 2.33. The van der Waals surface area contributed by atoms with Gasteiger partial charge in [0.2, 0.25) is 0 Å². The quantitative estimate of drug-likeness (QED) is 0.382. The first kappa shape index (κ1) is 13.0. The van der Waals surface area contributed by atoms with Crippen molar-refractivity contribution in [2.24, 2.45) is 0 Å². The van der Waals surface area contributed by atoms with Crippen molar-refractivity contribution in [1.82, 2.24) is 0 Å². The molecule has 0 spiro atoms. The van der Waals surface area contributed by atoms with Gasteiger partial charge in [0.1, 0.15) is 0 Å². The average Bonchev–Trinajstić information content (AvgIpc) is 2.00. The van der Waals surface area contributed by atoms with Crippen molar-refractivity contribution in [2.75, 3.05) is 0 Å². The molecule has 0 amide bonds. The van der Waals surface area contributed by atoms with E-state index >= 15 is 0 Å². The van der Waals surface area contributed by atoms with E-state index in [1.165, 1.54) is 0 Å². The molecule has 0 rings (SSSR count). The maximum atomic E-state index is 11.5. The summed E-state index contributed by atoms with van der Waals surface area (Å²) < 4.78 is 37.6. The first-order chi connectivity index (χ1) is 6.45. The van der Waals surface area contributed by atoms with Gasteiger partial charge in [-0.25, -0.2) is 0 Å². The third kappa shape index (κ3) is 9.09. The van der Waals surface area contributed by atoms with Crippen molar-refractivity contribution < 1.29 is 22.7 Å². The van der Waals surface area contributed by atoms with Gasteiger partial charge >= 0.3 is 12.3 Å². The zero-order valence-corrected chi connectivity index (χ0v) is 7.77. The van der Waals surface area contributed by atoms with Crippen LogP contribution in [0.2, 0.25) is 0 Å². The molecule has 0 saturated carbocycles. The monoisotopic (exact) mass is 210 g/mol. The minimum Gasteiger partial charge on any atom is -0.373 e. The number of hydrogen-bond donors (Lipinski definition) is 0. The molecule has 5 heteroatoms. The van der Waals surface area contributed by atoms with Gasteiger partial charge < -0.3 is 4.74 Å². The Morgan fingerprint density at radius 3 is 2.43 bits per heavy atom. The van der Waals surface area contributed by atoms with Crippen LogP contribution in [0.1, 0.15) is 32.1 Å². The molecule has 0 unspecified atom stereocenters. The Morgan fingerprint density at radius 1 is 1.29 bits per heavy atom. The fourth-order valence-electron chi connectivity index (χ4n) is 0.915. The van der Waals surface area contributed by atoms with E-state index in [1.54, 1.807) is 6.08 Å². The van der Waals surface area contributed by atoms with E-state index in [2.05, 4.69) is 11.3 Å². The van der Waals surface area contributed by atoms with Crippen molar-refractivity contribution in [3.63, 3.8) is 0 Å². The van der Waals surface area contributed by atoms with Crippen LogP contribution in [0.15, 0.2) is 12.7 Å². The van der Waals surface area contributed by atoms with Crippen molar-refractivity contribution >= 4 is 5.97 Å². The van der Waals surface area contributed by atoms with E-state index in [1.807, 2.05) is 0 Å². The highest BCUT2D eigenvalue weighted by atomic mass is 19.4. The molecular formula is C9H13F3O2. The molecule has 0 N–H and O–H groups in total. The summed E-state index contributed by atoms with van der Waals surface area (Å²) in [5.41, 5.74) is 0. The van der Waals surface area contributed by atoms with Crippen LogP contribution in [0.3, 0.4) is 0 Å². The lowest BCUT2D eigenvalue weighted by molar-refractivity contribution is -0.305. The number of carbonyl (C=O) groups excluding carboxylic acids is 1. The lowest BCUT2D eigenvalue weighted by Gasteiger charge is -2.06. The molecule has 0 atom stereocenters. The summed E-state index contributed by atoms with van der Waals surface area (Å²) in [6, 6.07) is 0. The van der Waals surface area contributed by atoms with Gasteiger partial charge in [0.15, 0.2) is 0 Å². The van der Waals surface area contributed by atoms with Crippen molar-refractivity contribution in [3.8, 4) is 0 Å². The SMILES string of the molecule is C=CCCCCCC(=O)OC(F)(F)F. The van der Waals surface area contributed by atoms with Crippen LogP contribution in [0.25, 0.3) is 0 Å². The van der Waals surface area contributed by atoms with Gasteiger partial charge in [0.25, 0.3) is 0 Å². The predicted octanol–water partition coefficient (Wildman–Crippen LogP) is 3.19. The number of carbonyl (C=O) groups is 1. The Bertz CT molecular complexity index is 187. The zero-order valence-electron chi connectivity index (χ0n) is 7.77. The van der Waals surface area contributed by atoms with Crippen molar-refractivity contribution in [3.05, 3.63) is 12.7 Å². The average molecular weight is 210 g/mol. The van der Waals surface area contributed by atoms with Gasteiger partial charge in [0.05, 0.1) is 0 Å². The summed E-state index contributed by atoms with van der Waals surface area (Å²) in [4.78, 5) is 10.5. The van der Waals surface area contributed by atoms with E-state index in [0.29, 0.717) is 12.8 Å². The fourth-order valence-corrected chi connectivity index (χ4v) is 0.915. The second kappa shape index (κ2) is 6.45. The van der Waals surface area contributed by atoms with Gasteiger partial charge in [-0.05, 0) is 19.3 Å². The van der Waals surface area contributed by atoms with Gasteiger partial charge in [-0.2, -0.15) is 0 Å². The smallest absolute Gasteiger partial charge is 0.373 e. The number of alkyl halides is 3. The van der Waals surface area contributed by atoms with Crippen molar-refractivity contribution in [1.29, 1.82) is 0 Å². The maximum Gasteiger partial charge on any atom is 0.575 e. The second-order valence-electron chi connectivity index (χ2n) is 2.81. The molecule has 0 aromatic carbocycles. The Labute approximate surface area is 80.7 Å². The molecule has 0 saturated heterocycles. The van der Waals surface area contributed by atoms with Gasteiger partial charge in [-0.3, -0.25) is 4.79 Å². The summed E-state index contributed by atoms with van der Waals surface area (Å²) in [5.74, 6) is -1.21. The molecule has 0 heterocycles. The van der Waals surface area contributed by atoms with Gasteiger partial charge in [-0.1, -0.05) is 12.5 Å². The Kier molecular flexibility index (Phi) is 5.99. The highest BCUT2D eigenvalue weighted by molar-refractivity contribution is 5.69. The molecule has 82 valence electrons. The number of esters is 1. The van der Waals surface area contributed by atoms with Gasteiger partial charge in [-0.15, -0.1) is 19.8 Å². The largest absolute Gasteiger partial charge is 0.575 e. The molecule has 0 aliphatic carbocycles. The topological polar surface area (TPSA) is 26.3 Å². The van der Waals surface area contributed by atoms with Crippen LogP contribution in [-0.4, -0.2) is 12.3 Å². The van der Waals surface area contributed by atoms with Crippen LogP contribution in [-0.2, 0) is 9.53 Å². The van der Waals surface area contributed by atoms with Crippen molar-refractivity contribution in [2.45, 2.75) is 38.5 Å². The normalized spacial score (nSPS) is 11.1. The predicted molar refractivity (Wildman–Crippen MR) is 45.4 cm³/mol. The lowest BCUT2D eigenvalue weighted by atomic mass is 10.1. The number of halogens is 3. The third-order valence-electron chi connectivity index (χ3n) is 1.52. The molecule has 0 aromatic heterocycles. The molecular weight excluding hydrogens is 197 g/mol. The van der Waals surface area contributed by atoms with Crippen LogP contribution in [0.5, 0.6) is 0 Å². The summed E-state index contributed by atoms with van der Waals surface area (Å²) in [5, 5.41) is 0. The van der Waals surface area contributed by atoms with Crippen LogP contribution in [0, 0.1) is 0 Å². The molecule has 0 fully saturated rings. The Balaban J connectivity index is 3.41. The van der Waals surface area contributed by atoms with E-state index in [4.69, 9.17) is 0 Å². The van der Waals surface area contributed by atoms with Crippen LogP contribution >= 0.6 is 0 Å². The molecule has 0 aliphatic heterocycles. The van der Waals surface area contributed by atoms with Gasteiger partial charge in [0, 0.05) is 6.42 Å². The maximum absolute atomic E-state index is 11.5. The molecule has 0 bridgehead atoms. The third-order valence-corrected chi connectivity index (χ3v) is 1.52. The van der Waals surface area contributed by atoms with Crippen LogP contribution in [0.4, 0.5) is 13.2 Å². The molecule has 0 aromatic rings. The number of hydrogen-bond acceptors (Lipinski definition) is 2. The lowest BCUT2D eigenvalue weighted by Crippen LogP contribution is -2.18. The van der Waals surface area contributed by atoms with E-state index in [9.17, 15) is 18.0 Å². The number of unbranched alkanes of at least 4 members (excludes halogenated alkanes) is 3. The van der Waals surface area contributed by atoms with E-state index < -0.39 is 12.3 Å². The second-order valence-corrected chi connectivity index (χ2v) is 2.81.